The number of anilines is 1. The summed E-state index contributed by atoms with van der Waals surface area (Å²) in [6.07, 6.45) is 0.855. The number of ether oxygens (including phenoxy) is 1. The van der Waals surface area contributed by atoms with Gasteiger partial charge in [0.1, 0.15) is 5.75 Å². The zero-order valence-corrected chi connectivity index (χ0v) is 11.8. The van der Waals surface area contributed by atoms with Crippen molar-refractivity contribution in [3.63, 3.8) is 0 Å². The lowest BCUT2D eigenvalue weighted by atomic mass is 9.99. The van der Waals surface area contributed by atoms with Crippen LogP contribution in [-0.4, -0.2) is 17.7 Å². The fourth-order valence-corrected chi connectivity index (χ4v) is 2.59. The van der Waals surface area contributed by atoms with E-state index >= 15 is 0 Å². The average molecular weight is 283 g/mol. The van der Waals surface area contributed by atoms with E-state index < -0.39 is 5.97 Å². The predicted molar refractivity (Wildman–Crippen MR) is 81.1 cm³/mol. The molecule has 0 aromatic heterocycles. The summed E-state index contributed by atoms with van der Waals surface area (Å²) in [5, 5.41) is 12.6. The smallest absolute Gasteiger partial charge is 0.335 e. The maximum absolute atomic E-state index is 11.1. The van der Waals surface area contributed by atoms with Crippen LogP contribution in [0.1, 0.15) is 33.9 Å². The van der Waals surface area contributed by atoms with Crippen molar-refractivity contribution in [1.82, 2.24) is 0 Å². The molecule has 1 unspecified atom stereocenters. The van der Waals surface area contributed by atoms with E-state index in [1.807, 2.05) is 37.3 Å². The predicted octanol–water partition coefficient (Wildman–Crippen LogP) is 3.63. The van der Waals surface area contributed by atoms with Crippen molar-refractivity contribution in [2.45, 2.75) is 19.4 Å². The molecule has 0 fully saturated rings. The van der Waals surface area contributed by atoms with Gasteiger partial charge in [-0.25, -0.2) is 4.79 Å². The first-order valence-corrected chi connectivity index (χ1v) is 6.97. The van der Waals surface area contributed by atoms with Crippen LogP contribution < -0.4 is 10.1 Å². The van der Waals surface area contributed by atoms with E-state index in [-0.39, 0.29) is 6.04 Å². The van der Waals surface area contributed by atoms with Gasteiger partial charge in [-0.05, 0) is 30.7 Å². The highest BCUT2D eigenvalue weighted by Crippen LogP contribution is 2.34. The van der Waals surface area contributed by atoms with Crippen LogP contribution in [0, 0.1) is 6.92 Å². The Kier molecular flexibility index (Phi) is 3.52. The Hall–Kier alpha value is -2.49. The van der Waals surface area contributed by atoms with Crippen molar-refractivity contribution in [1.29, 1.82) is 0 Å². The number of rotatable bonds is 3. The summed E-state index contributed by atoms with van der Waals surface area (Å²) < 4.78 is 5.65. The molecule has 2 aromatic carbocycles. The van der Waals surface area contributed by atoms with Crippen molar-refractivity contribution in [3.8, 4) is 5.75 Å². The lowest BCUT2D eigenvalue weighted by Gasteiger charge is -2.28. The van der Waals surface area contributed by atoms with Gasteiger partial charge in [-0.3, -0.25) is 0 Å². The monoisotopic (exact) mass is 283 g/mol. The Bertz CT molecular complexity index is 681. The van der Waals surface area contributed by atoms with Crippen LogP contribution in [0.25, 0.3) is 0 Å². The first-order chi connectivity index (χ1) is 10.1. The number of benzene rings is 2. The average Bonchev–Trinajstić information content (AvgIpc) is 2.49. The van der Waals surface area contributed by atoms with Gasteiger partial charge in [-0.15, -0.1) is 0 Å². The molecular weight excluding hydrogens is 266 g/mol. The molecule has 1 heterocycles. The summed E-state index contributed by atoms with van der Waals surface area (Å²) in [4.78, 5) is 11.1. The van der Waals surface area contributed by atoms with Crippen LogP contribution in [0.15, 0.2) is 42.5 Å². The molecule has 0 spiro atoms. The molecule has 0 saturated carbocycles. The van der Waals surface area contributed by atoms with E-state index in [0.717, 1.165) is 29.0 Å². The van der Waals surface area contributed by atoms with Gasteiger partial charge in [-0.2, -0.15) is 0 Å². The third-order valence-corrected chi connectivity index (χ3v) is 3.77. The quantitative estimate of drug-likeness (QED) is 0.903. The maximum Gasteiger partial charge on any atom is 0.335 e. The summed E-state index contributed by atoms with van der Waals surface area (Å²) in [5.74, 6) is -0.0151. The number of hydrogen-bond acceptors (Lipinski definition) is 3. The fourth-order valence-electron chi connectivity index (χ4n) is 2.59. The Labute approximate surface area is 123 Å². The number of carbonyl (C=O) groups is 1. The highest BCUT2D eigenvalue weighted by molar-refractivity contribution is 5.89. The molecule has 0 saturated heterocycles. The third kappa shape index (κ3) is 2.70. The van der Waals surface area contributed by atoms with Gasteiger partial charge in [-0.1, -0.05) is 24.3 Å². The van der Waals surface area contributed by atoms with Gasteiger partial charge < -0.3 is 15.2 Å². The van der Waals surface area contributed by atoms with Crippen molar-refractivity contribution in [2.75, 3.05) is 11.9 Å². The molecule has 2 N–H and O–H groups in total. The number of para-hydroxylation sites is 1. The first-order valence-electron chi connectivity index (χ1n) is 6.97. The first kappa shape index (κ1) is 13.5. The highest BCUT2D eigenvalue weighted by Gasteiger charge is 2.21. The van der Waals surface area contributed by atoms with E-state index in [1.54, 1.807) is 12.1 Å². The molecule has 21 heavy (non-hydrogen) atoms. The zero-order valence-electron chi connectivity index (χ0n) is 11.8. The van der Waals surface area contributed by atoms with Gasteiger partial charge in [0.05, 0.1) is 18.2 Å². The number of aromatic carboxylic acids is 1. The van der Waals surface area contributed by atoms with E-state index in [9.17, 15) is 4.79 Å². The van der Waals surface area contributed by atoms with Crippen LogP contribution in [0.2, 0.25) is 0 Å². The molecule has 1 aliphatic heterocycles. The molecule has 4 nitrogen and oxygen atoms in total. The van der Waals surface area contributed by atoms with E-state index in [4.69, 9.17) is 9.84 Å². The van der Waals surface area contributed by atoms with Crippen molar-refractivity contribution < 1.29 is 14.6 Å². The second-order valence-corrected chi connectivity index (χ2v) is 5.21. The second-order valence-electron chi connectivity index (χ2n) is 5.21. The molecule has 4 heteroatoms. The minimum absolute atomic E-state index is 0.137. The van der Waals surface area contributed by atoms with Gasteiger partial charge in [0.25, 0.3) is 0 Å². The standard InChI is InChI=1S/C17H17NO3/c1-11-6-7-12(17(19)20)10-15(11)18-14-8-9-21-16-5-3-2-4-13(14)16/h2-7,10,14,18H,8-9H2,1H3,(H,19,20). The number of nitrogens with one attached hydrogen (secondary N) is 1. The second kappa shape index (κ2) is 5.48. The molecular formula is C17H17NO3. The molecule has 0 aliphatic carbocycles. The number of carboxylic acids is 1. The lowest BCUT2D eigenvalue weighted by molar-refractivity contribution is 0.0697. The summed E-state index contributed by atoms with van der Waals surface area (Å²) >= 11 is 0. The summed E-state index contributed by atoms with van der Waals surface area (Å²) in [6.45, 7) is 2.63. The Morgan fingerprint density at radius 3 is 2.90 bits per heavy atom. The summed E-state index contributed by atoms with van der Waals surface area (Å²) in [6, 6.07) is 13.2. The van der Waals surface area contributed by atoms with E-state index in [2.05, 4.69) is 5.32 Å². The van der Waals surface area contributed by atoms with Gasteiger partial charge in [0, 0.05) is 17.7 Å². The van der Waals surface area contributed by atoms with Crippen molar-refractivity contribution >= 4 is 11.7 Å². The normalized spacial score (nSPS) is 16.7. The van der Waals surface area contributed by atoms with Gasteiger partial charge >= 0.3 is 5.97 Å². The molecule has 108 valence electrons. The number of hydrogen-bond donors (Lipinski definition) is 2. The molecule has 3 rings (SSSR count). The van der Waals surface area contributed by atoms with Crippen LogP contribution in [-0.2, 0) is 0 Å². The largest absolute Gasteiger partial charge is 0.493 e. The molecule has 1 aliphatic rings. The summed E-state index contributed by atoms with van der Waals surface area (Å²) in [5.41, 5.74) is 3.30. The van der Waals surface area contributed by atoms with Crippen LogP contribution in [0.5, 0.6) is 5.75 Å². The number of aryl methyl sites for hydroxylation is 1. The molecule has 0 bridgehead atoms. The zero-order chi connectivity index (χ0) is 14.8. The Balaban J connectivity index is 1.91. The number of fused-ring (bicyclic) bond motifs is 1. The van der Waals surface area contributed by atoms with Crippen LogP contribution in [0.4, 0.5) is 5.69 Å². The molecule has 0 radical (unpaired) electrons. The minimum atomic E-state index is -0.912. The molecule has 0 amide bonds. The summed E-state index contributed by atoms with van der Waals surface area (Å²) in [7, 11) is 0. The Morgan fingerprint density at radius 1 is 1.29 bits per heavy atom. The fraction of sp³-hybridized carbons (Fsp3) is 0.235. The van der Waals surface area contributed by atoms with Gasteiger partial charge in [0.2, 0.25) is 0 Å². The highest BCUT2D eigenvalue weighted by atomic mass is 16.5. The maximum atomic E-state index is 11.1. The van der Waals surface area contributed by atoms with Crippen molar-refractivity contribution in [3.05, 3.63) is 59.2 Å². The topological polar surface area (TPSA) is 58.6 Å². The van der Waals surface area contributed by atoms with Gasteiger partial charge in [0.15, 0.2) is 0 Å². The molecule has 2 aromatic rings. The molecule has 1 atom stereocenters. The van der Waals surface area contributed by atoms with E-state index in [1.165, 1.54) is 0 Å². The third-order valence-electron chi connectivity index (χ3n) is 3.77. The Morgan fingerprint density at radius 2 is 2.10 bits per heavy atom. The van der Waals surface area contributed by atoms with E-state index in [0.29, 0.717) is 12.2 Å². The van der Waals surface area contributed by atoms with Crippen LogP contribution >= 0.6 is 0 Å². The van der Waals surface area contributed by atoms with Crippen LogP contribution in [0.3, 0.4) is 0 Å². The SMILES string of the molecule is Cc1ccc(C(=O)O)cc1NC1CCOc2ccccc21. The number of carboxylic acid groups (broad SMARTS) is 1. The minimum Gasteiger partial charge on any atom is -0.493 e. The van der Waals surface area contributed by atoms with Crippen molar-refractivity contribution in [2.24, 2.45) is 0 Å². The lowest BCUT2D eigenvalue weighted by Crippen LogP contribution is -2.20.